The number of aliphatic carboxylic acids is 1. The van der Waals surface area contributed by atoms with Gasteiger partial charge in [0.1, 0.15) is 0 Å². The first-order chi connectivity index (χ1) is 10.9. The average Bonchev–Trinajstić information content (AvgIpc) is 2.53. The van der Waals surface area contributed by atoms with Gasteiger partial charge in [0.05, 0.1) is 13.0 Å². The number of carbonyl (C=O) groups excluding carboxylic acids is 1. The molecule has 0 bridgehead atoms. The Morgan fingerprint density at radius 2 is 2.13 bits per heavy atom. The molecule has 1 saturated heterocycles. The molecule has 0 aliphatic carbocycles. The number of piperidine rings is 1. The van der Waals surface area contributed by atoms with E-state index in [1.807, 2.05) is 6.92 Å². The zero-order valence-electron chi connectivity index (χ0n) is 13.4. The number of methoxy groups -OCH3 is 1. The standard InChI is InChI=1S/C17H22FNO4/c1-11-8-13(17(21)22)10-19(9-11)15(20)7-6-12-4-3-5-14(23-2)16(12)18/h3-5,11,13H,6-10H2,1-2H3,(H,21,22). The lowest BCUT2D eigenvalue weighted by molar-refractivity contribution is -0.146. The second-order valence-corrected chi connectivity index (χ2v) is 6.11. The quantitative estimate of drug-likeness (QED) is 0.903. The fraction of sp³-hybridized carbons (Fsp3) is 0.529. The number of rotatable bonds is 5. The zero-order valence-corrected chi connectivity index (χ0v) is 13.4. The first-order valence-electron chi connectivity index (χ1n) is 7.74. The number of halogens is 1. The normalized spacial score (nSPS) is 21.1. The van der Waals surface area contributed by atoms with Crippen LogP contribution in [0.2, 0.25) is 0 Å². The summed E-state index contributed by atoms with van der Waals surface area (Å²) in [7, 11) is 1.40. The maximum absolute atomic E-state index is 14.1. The Kier molecular flexibility index (Phi) is 5.58. The van der Waals surface area contributed by atoms with E-state index in [9.17, 15) is 14.0 Å². The first-order valence-corrected chi connectivity index (χ1v) is 7.74. The summed E-state index contributed by atoms with van der Waals surface area (Å²) in [5, 5.41) is 9.16. The van der Waals surface area contributed by atoms with Crippen molar-refractivity contribution >= 4 is 11.9 Å². The second kappa shape index (κ2) is 7.44. The van der Waals surface area contributed by atoms with E-state index < -0.39 is 17.7 Å². The topological polar surface area (TPSA) is 66.8 Å². The molecule has 6 heteroatoms. The second-order valence-electron chi connectivity index (χ2n) is 6.11. The van der Waals surface area contributed by atoms with Gasteiger partial charge in [-0.3, -0.25) is 9.59 Å². The molecular formula is C17H22FNO4. The molecule has 1 N–H and O–H groups in total. The van der Waals surface area contributed by atoms with Crippen LogP contribution in [0.1, 0.15) is 25.3 Å². The molecule has 1 aromatic carbocycles. The number of hydrogen-bond acceptors (Lipinski definition) is 3. The lowest BCUT2D eigenvalue weighted by Gasteiger charge is -2.34. The van der Waals surface area contributed by atoms with Crippen LogP contribution in [-0.2, 0) is 16.0 Å². The van der Waals surface area contributed by atoms with Crippen molar-refractivity contribution in [2.75, 3.05) is 20.2 Å². The van der Waals surface area contributed by atoms with Gasteiger partial charge in [0.25, 0.3) is 0 Å². The van der Waals surface area contributed by atoms with Gasteiger partial charge in [0, 0.05) is 19.5 Å². The Morgan fingerprint density at radius 3 is 2.78 bits per heavy atom. The van der Waals surface area contributed by atoms with Gasteiger partial charge in [0.2, 0.25) is 5.91 Å². The van der Waals surface area contributed by atoms with Gasteiger partial charge in [-0.05, 0) is 30.4 Å². The zero-order chi connectivity index (χ0) is 17.0. The predicted molar refractivity (Wildman–Crippen MR) is 82.8 cm³/mol. The minimum atomic E-state index is -0.867. The molecule has 126 valence electrons. The lowest BCUT2D eigenvalue weighted by atomic mass is 9.90. The van der Waals surface area contributed by atoms with Crippen LogP contribution >= 0.6 is 0 Å². The van der Waals surface area contributed by atoms with Crippen molar-refractivity contribution in [1.29, 1.82) is 0 Å². The minimum Gasteiger partial charge on any atom is -0.494 e. The van der Waals surface area contributed by atoms with Crippen molar-refractivity contribution in [3.8, 4) is 5.75 Å². The number of likely N-dealkylation sites (tertiary alicyclic amines) is 1. The molecule has 0 spiro atoms. The van der Waals surface area contributed by atoms with Crippen molar-refractivity contribution in [2.24, 2.45) is 11.8 Å². The third-order valence-electron chi connectivity index (χ3n) is 4.23. The van der Waals surface area contributed by atoms with Gasteiger partial charge in [0.15, 0.2) is 11.6 Å². The smallest absolute Gasteiger partial charge is 0.308 e. The number of benzene rings is 1. The fourth-order valence-corrected chi connectivity index (χ4v) is 3.04. The van der Waals surface area contributed by atoms with E-state index in [0.717, 1.165) is 0 Å². The van der Waals surface area contributed by atoms with Crippen molar-refractivity contribution < 1.29 is 23.8 Å². The molecule has 23 heavy (non-hydrogen) atoms. The summed E-state index contributed by atoms with van der Waals surface area (Å²) in [6.07, 6.45) is 1.01. The van der Waals surface area contributed by atoms with Gasteiger partial charge in [-0.1, -0.05) is 19.1 Å². The highest BCUT2D eigenvalue weighted by molar-refractivity contribution is 5.78. The highest BCUT2D eigenvalue weighted by Crippen LogP contribution is 2.24. The molecule has 1 aliphatic rings. The minimum absolute atomic E-state index is 0.134. The number of hydrogen-bond donors (Lipinski definition) is 1. The monoisotopic (exact) mass is 323 g/mol. The maximum Gasteiger partial charge on any atom is 0.308 e. The number of aryl methyl sites for hydroxylation is 1. The van der Waals surface area contributed by atoms with E-state index in [1.54, 1.807) is 17.0 Å². The number of ether oxygens (including phenoxy) is 1. The number of amides is 1. The Hall–Kier alpha value is -2.11. The summed E-state index contributed by atoms with van der Waals surface area (Å²) in [4.78, 5) is 25.1. The van der Waals surface area contributed by atoms with Crippen molar-refractivity contribution in [3.63, 3.8) is 0 Å². The van der Waals surface area contributed by atoms with Gasteiger partial charge >= 0.3 is 5.97 Å². The third-order valence-corrected chi connectivity index (χ3v) is 4.23. The molecule has 1 amide bonds. The average molecular weight is 323 g/mol. The van der Waals surface area contributed by atoms with E-state index in [0.29, 0.717) is 18.5 Å². The molecule has 0 radical (unpaired) electrons. The Balaban J connectivity index is 1.98. The van der Waals surface area contributed by atoms with Crippen LogP contribution in [0.25, 0.3) is 0 Å². The highest BCUT2D eigenvalue weighted by Gasteiger charge is 2.31. The SMILES string of the molecule is COc1cccc(CCC(=O)N2CC(C)CC(C(=O)O)C2)c1F. The van der Waals surface area contributed by atoms with Crippen LogP contribution in [0.3, 0.4) is 0 Å². The van der Waals surface area contributed by atoms with E-state index in [-0.39, 0.29) is 37.0 Å². The van der Waals surface area contributed by atoms with Crippen LogP contribution in [-0.4, -0.2) is 42.1 Å². The molecule has 0 saturated carbocycles. The van der Waals surface area contributed by atoms with Gasteiger partial charge in [-0.25, -0.2) is 4.39 Å². The lowest BCUT2D eigenvalue weighted by Crippen LogP contribution is -2.45. The molecule has 2 unspecified atom stereocenters. The number of carboxylic acid groups (broad SMARTS) is 1. The van der Waals surface area contributed by atoms with Gasteiger partial charge in [-0.15, -0.1) is 0 Å². The largest absolute Gasteiger partial charge is 0.494 e. The summed E-state index contributed by atoms with van der Waals surface area (Å²) in [6.45, 7) is 2.74. The van der Waals surface area contributed by atoms with E-state index in [4.69, 9.17) is 9.84 Å². The molecule has 1 aliphatic heterocycles. The maximum atomic E-state index is 14.1. The van der Waals surface area contributed by atoms with Crippen LogP contribution in [0, 0.1) is 17.7 Å². The third kappa shape index (κ3) is 4.21. The molecule has 5 nitrogen and oxygen atoms in total. The molecular weight excluding hydrogens is 301 g/mol. The van der Waals surface area contributed by atoms with Gasteiger partial charge in [-0.2, -0.15) is 0 Å². The number of nitrogens with zero attached hydrogens (tertiary/aromatic N) is 1. The predicted octanol–water partition coefficient (Wildman–Crippen LogP) is 2.34. The summed E-state index contributed by atoms with van der Waals surface area (Å²) in [5.74, 6) is -1.65. The molecule has 2 atom stereocenters. The van der Waals surface area contributed by atoms with Gasteiger partial charge < -0.3 is 14.7 Å². The van der Waals surface area contributed by atoms with Crippen LogP contribution in [0.15, 0.2) is 18.2 Å². The van der Waals surface area contributed by atoms with E-state index in [2.05, 4.69) is 0 Å². The summed E-state index contributed by atoms with van der Waals surface area (Å²) in [6, 6.07) is 4.85. The van der Waals surface area contributed by atoms with Crippen LogP contribution < -0.4 is 4.74 Å². The molecule has 1 fully saturated rings. The molecule has 0 aromatic heterocycles. The molecule has 1 heterocycles. The van der Waals surface area contributed by atoms with Crippen molar-refractivity contribution in [3.05, 3.63) is 29.6 Å². The van der Waals surface area contributed by atoms with Crippen LogP contribution in [0.5, 0.6) is 5.75 Å². The van der Waals surface area contributed by atoms with Crippen molar-refractivity contribution in [1.82, 2.24) is 4.90 Å². The van der Waals surface area contributed by atoms with Crippen LogP contribution in [0.4, 0.5) is 4.39 Å². The Labute approximate surface area is 135 Å². The highest BCUT2D eigenvalue weighted by atomic mass is 19.1. The summed E-state index contributed by atoms with van der Waals surface area (Å²) >= 11 is 0. The number of carboxylic acids is 1. The van der Waals surface area contributed by atoms with Crippen molar-refractivity contribution in [2.45, 2.75) is 26.2 Å². The van der Waals surface area contributed by atoms with E-state index >= 15 is 0 Å². The first kappa shape index (κ1) is 17.2. The fourth-order valence-electron chi connectivity index (χ4n) is 3.04. The number of carbonyl (C=O) groups is 2. The summed E-state index contributed by atoms with van der Waals surface area (Å²) in [5.41, 5.74) is 0.428. The molecule has 1 aromatic rings. The summed E-state index contributed by atoms with van der Waals surface area (Å²) < 4.78 is 19.0. The molecule has 2 rings (SSSR count). The van der Waals surface area contributed by atoms with E-state index in [1.165, 1.54) is 13.2 Å². The Morgan fingerprint density at radius 1 is 1.39 bits per heavy atom. The Bertz CT molecular complexity index is 590.